The number of hydrogen-bond acceptors (Lipinski definition) is 2. The van der Waals surface area contributed by atoms with Crippen molar-refractivity contribution in [3.63, 3.8) is 0 Å². The highest BCUT2D eigenvalue weighted by molar-refractivity contribution is 5.20. The van der Waals surface area contributed by atoms with Gasteiger partial charge in [0, 0.05) is 18.9 Å². The molecule has 1 aromatic carbocycles. The Kier molecular flexibility index (Phi) is 4.97. The number of benzene rings is 1. The predicted octanol–water partition coefficient (Wildman–Crippen LogP) is 4.09. The smallest absolute Gasteiger partial charge is 0.159 e. The molecule has 2 nitrogen and oxygen atoms in total. The Balaban J connectivity index is 1.96. The van der Waals surface area contributed by atoms with Crippen LogP contribution in [0.4, 0.5) is 0 Å². The van der Waals surface area contributed by atoms with E-state index in [1.807, 2.05) is 24.3 Å². The van der Waals surface area contributed by atoms with Crippen molar-refractivity contribution in [2.24, 2.45) is 5.92 Å². The summed E-state index contributed by atoms with van der Waals surface area (Å²) >= 11 is 0. The van der Waals surface area contributed by atoms with E-state index in [1.165, 1.54) is 5.56 Å². The maximum absolute atomic E-state index is 6.00. The monoisotopic (exact) mass is 246 g/mol. The van der Waals surface area contributed by atoms with E-state index in [2.05, 4.69) is 25.6 Å². The molecule has 0 saturated carbocycles. The molecule has 1 fully saturated rings. The molecule has 0 amide bonds. The molecule has 0 bridgehead atoms. The van der Waals surface area contributed by atoms with Crippen LogP contribution in [0.25, 0.3) is 0 Å². The minimum Gasteiger partial charge on any atom is -0.353 e. The van der Waals surface area contributed by atoms with Crippen LogP contribution in [0.1, 0.15) is 37.9 Å². The van der Waals surface area contributed by atoms with Gasteiger partial charge in [-0.1, -0.05) is 49.8 Å². The van der Waals surface area contributed by atoms with Gasteiger partial charge in [0.2, 0.25) is 0 Å². The van der Waals surface area contributed by atoms with Gasteiger partial charge in [-0.3, -0.25) is 0 Å². The van der Waals surface area contributed by atoms with Gasteiger partial charge < -0.3 is 9.47 Å². The third kappa shape index (κ3) is 3.21. The van der Waals surface area contributed by atoms with Crippen molar-refractivity contribution in [1.29, 1.82) is 0 Å². The van der Waals surface area contributed by atoms with Gasteiger partial charge in [0.05, 0.1) is 6.10 Å². The molecule has 1 aliphatic rings. The van der Waals surface area contributed by atoms with Crippen molar-refractivity contribution < 1.29 is 9.47 Å². The second-order valence-electron chi connectivity index (χ2n) is 4.76. The maximum atomic E-state index is 6.00. The second kappa shape index (κ2) is 6.72. The van der Waals surface area contributed by atoms with E-state index in [4.69, 9.17) is 9.47 Å². The van der Waals surface area contributed by atoms with Gasteiger partial charge in [-0.15, -0.1) is 6.58 Å². The first-order chi connectivity index (χ1) is 8.85. The first-order valence-electron chi connectivity index (χ1n) is 6.79. The lowest BCUT2D eigenvalue weighted by Crippen LogP contribution is -2.12. The Bertz CT molecular complexity index is 361. The molecule has 1 heterocycles. The number of hydrogen-bond donors (Lipinski definition) is 0. The third-order valence-electron chi connectivity index (χ3n) is 3.38. The Morgan fingerprint density at radius 1 is 1.39 bits per heavy atom. The molecule has 0 radical (unpaired) electrons. The molecule has 98 valence electrons. The van der Waals surface area contributed by atoms with Crippen LogP contribution in [0.5, 0.6) is 0 Å². The van der Waals surface area contributed by atoms with Gasteiger partial charge >= 0.3 is 0 Å². The molecule has 1 aromatic rings. The largest absolute Gasteiger partial charge is 0.353 e. The lowest BCUT2D eigenvalue weighted by Gasteiger charge is -2.16. The zero-order chi connectivity index (χ0) is 12.8. The summed E-state index contributed by atoms with van der Waals surface area (Å²) in [6.07, 6.45) is 5.15. The maximum Gasteiger partial charge on any atom is 0.159 e. The highest BCUT2D eigenvalue weighted by atomic mass is 16.7. The van der Waals surface area contributed by atoms with Crippen LogP contribution in [0.15, 0.2) is 43.0 Å². The summed E-state index contributed by atoms with van der Waals surface area (Å²) in [5.41, 5.74) is 1.21. The van der Waals surface area contributed by atoms with Gasteiger partial charge in [-0.2, -0.15) is 0 Å². The fraction of sp³-hybridized carbons (Fsp3) is 0.500. The predicted molar refractivity (Wildman–Crippen MR) is 73.2 cm³/mol. The Labute approximate surface area is 110 Å². The van der Waals surface area contributed by atoms with E-state index in [9.17, 15) is 0 Å². The van der Waals surface area contributed by atoms with Gasteiger partial charge in [0.1, 0.15) is 0 Å². The minimum absolute atomic E-state index is 0.0789. The Hall–Kier alpha value is -1.12. The second-order valence-corrected chi connectivity index (χ2v) is 4.76. The lowest BCUT2D eigenvalue weighted by atomic mass is 9.95. The van der Waals surface area contributed by atoms with Crippen molar-refractivity contribution in [1.82, 2.24) is 0 Å². The van der Waals surface area contributed by atoms with E-state index in [0.717, 1.165) is 25.9 Å². The highest BCUT2D eigenvalue weighted by Gasteiger charge is 2.34. The molecule has 3 atom stereocenters. The van der Waals surface area contributed by atoms with Gasteiger partial charge in [0.25, 0.3) is 0 Å². The van der Waals surface area contributed by atoms with Crippen LogP contribution in [0.3, 0.4) is 0 Å². The average Bonchev–Trinajstić information content (AvgIpc) is 2.83. The van der Waals surface area contributed by atoms with Crippen LogP contribution in [-0.2, 0) is 9.47 Å². The SMILES string of the molecule is C=C[C@H]1CC(OCCCC)O[C@@H]1c1ccccc1. The molecular formula is C16H22O2. The molecule has 1 saturated heterocycles. The molecule has 0 aliphatic carbocycles. The van der Waals surface area contributed by atoms with Crippen LogP contribution in [-0.4, -0.2) is 12.9 Å². The van der Waals surface area contributed by atoms with Gasteiger partial charge in [-0.25, -0.2) is 0 Å². The highest BCUT2D eigenvalue weighted by Crippen LogP contribution is 2.39. The van der Waals surface area contributed by atoms with Crippen molar-refractivity contribution in [2.75, 3.05) is 6.61 Å². The number of rotatable bonds is 6. The summed E-state index contributed by atoms with van der Waals surface area (Å²) in [6.45, 7) is 6.86. The zero-order valence-electron chi connectivity index (χ0n) is 11.0. The fourth-order valence-electron chi connectivity index (χ4n) is 2.32. The molecule has 0 N–H and O–H groups in total. The van der Waals surface area contributed by atoms with Gasteiger partial charge in [0.15, 0.2) is 6.29 Å². The molecule has 1 aliphatic heterocycles. The molecule has 0 aromatic heterocycles. The summed E-state index contributed by atoms with van der Waals surface area (Å²) in [5.74, 6) is 0.346. The molecule has 18 heavy (non-hydrogen) atoms. The van der Waals surface area contributed by atoms with Gasteiger partial charge in [-0.05, 0) is 12.0 Å². The summed E-state index contributed by atoms with van der Waals surface area (Å²) in [6, 6.07) is 10.3. The van der Waals surface area contributed by atoms with Crippen LogP contribution in [0.2, 0.25) is 0 Å². The third-order valence-corrected chi connectivity index (χ3v) is 3.38. The molecular weight excluding hydrogens is 224 g/mol. The van der Waals surface area contributed by atoms with Crippen molar-refractivity contribution in [3.8, 4) is 0 Å². The number of unbranched alkanes of at least 4 members (excludes halogenated alkanes) is 1. The van der Waals surface area contributed by atoms with Crippen LogP contribution >= 0.6 is 0 Å². The normalized spacial score (nSPS) is 27.3. The standard InChI is InChI=1S/C16H22O2/c1-3-5-11-17-15-12-13(4-2)16(18-15)14-9-7-6-8-10-14/h4,6-10,13,15-16H,2-3,5,11-12H2,1H3/t13-,15?,16-/m0/s1. The molecule has 2 heteroatoms. The Morgan fingerprint density at radius 3 is 2.83 bits per heavy atom. The van der Waals surface area contributed by atoms with Crippen molar-refractivity contribution in [2.45, 2.75) is 38.6 Å². The van der Waals surface area contributed by atoms with E-state index in [0.29, 0.717) is 5.92 Å². The quantitative estimate of drug-likeness (QED) is 0.556. The Morgan fingerprint density at radius 2 is 2.17 bits per heavy atom. The van der Waals surface area contributed by atoms with Crippen LogP contribution in [0, 0.1) is 5.92 Å². The van der Waals surface area contributed by atoms with Crippen molar-refractivity contribution >= 4 is 0 Å². The lowest BCUT2D eigenvalue weighted by molar-refractivity contribution is -0.135. The van der Waals surface area contributed by atoms with E-state index in [1.54, 1.807) is 0 Å². The van der Waals surface area contributed by atoms with E-state index in [-0.39, 0.29) is 12.4 Å². The summed E-state index contributed by atoms with van der Waals surface area (Å²) in [4.78, 5) is 0. The molecule has 1 unspecified atom stereocenters. The molecule has 0 spiro atoms. The van der Waals surface area contributed by atoms with Crippen molar-refractivity contribution in [3.05, 3.63) is 48.6 Å². The molecule has 2 rings (SSSR count). The van der Waals surface area contributed by atoms with E-state index < -0.39 is 0 Å². The summed E-state index contributed by atoms with van der Waals surface area (Å²) in [7, 11) is 0. The summed E-state index contributed by atoms with van der Waals surface area (Å²) < 4.78 is 11.8. The average molecular weight is 246 g/mol. The zero-order valence-corrected chi connectivity index (χ0v) is 11.0. The number of ether oxygens (including phenoxy) is 2. The summed E-state index contributed by atoms with van der Waals surface area (Å²) in [5, 5.41) is 0. The first-order valence-corrected chi connectivity index (χ1v) is 6.79. The fourth-order valence-corrected chi connectivity index (χ4v) is 2.32. The minimum atomic E-state index is -0.0789. The topological polar surface area (TPSA) is 18.5 Å². The first kappa shape index (κ1) is 13.3. The van der Waals surface area contributed by atoms with E-state index >= 15 is 0 Å². The van der Waals surface area contributed by atoms with Crippen LogP contribution < -0.4 is 0 Å².